The van der Waals surface area contributed by atoms with Crippen molar-refractivity contribution in [3.05, 3.63) is 29.8 Å². The molecular formula is C16H24ClNO4. The van der Waals surface area contributed by atoms with Crippen LogP contribution in [0.15, 0.2) is 24.3 Å². The Morgan fingerprint density at radius 3 is 2.23 bits per heavy atom. The van der Waals surface area contributed by atoms with Gasteiger partial charge in [0.1, 0.15) is 0 Å². The first kappa shape index (κ1) is 20.2. The average Bonchev–Trinajstić information content (AvgIpc) is 2.47. The summed E-state index contributed by atoms with van der Waals surface area (Å²) in [5, 5.41) is 8.49. The molecule has 0 aliphatic rings. The average molecular weight is 330 g/mol. The zero-order chi connectivity index (χ0) is 16.8. The Bertz CT molecular complexity index is 452. The van der Waals surface area contributed by atoms with Crippen molar-refractivity contribution in [2.24, 2.45) is 0 Å². The largest absolute Gasteiger partial charge is 0.478 e. The number of rotatable bonds is 8. The van der Waals surface area contributed by atoms with Crippen molar-refractivity contribution in [1.82, 2.24) is 0 Å². The third-order valence-electron chi connectivity index (χ3n) is 2.90. The van der Waals surface area contributed by atoms with Gasteiger partial charge in [0.05, 0.1) is 12.2 Å². The number of carboxylic acid groups (broad SMARTS) is 1. The molecule has 0 atom stereocenters. The van der Waals surface area contributed by atoms with Crippen LogP contribution in [0.3, 0.4) is 0 Å². The lowest BCUT2D eigenvalue weighted by atomic mass is 10.1. The van der Waals surface area contributed by atoms with Crippen LogP contribution in [0.25, 0.3) is 0 Å². The van der Waals surface area contributed by atoms with Crippen molar-refractivity contribution in [1.29, 1.82) is 0 Å². The van der Waals surface area contributed by atoms with E-state index in [0.29, 0.717) is 12.3 Å². The van der Waals surface area contributed by atoms with Gasteiger partial charge in [-0.3, -0.25) is 0 Å². The summed E-state index contributed by atoms with van der Waals surface area (Å²) < 4.78 is 4.57. The third-order valence-corrected chi connectivity index (χ3v) is 3.01. The molecule has 124 valence electrons. The molecule has 0 unspecified atom stereocenters. The minimum atomic E-state index is -0.988. The molecule has 0 bridgehead atoms. The van der Waals surface area contributed by atoms with E-state index in [-0.39, 0.29) is 5.56 Å². The first-order valence-electron chi connectivity index (χ1n) is 7.39. The lowest BCUT2D eigenvalue weighted by Crippen LogP contribution is -2.00. The van der Waals surface area contributed by atoms with E-state index in [9.17, 15) is 9.59 Å². The predicted molar refractivity (Wildman–Crippen MR) is 88.4 cm³/mol. The normalized spacial score (nSPS) is 9.55. The number of aromatic carboxylic acids is 1. The Labute approximate surface area is 136 Å². The van der Waals surface area contributed by atoms with Crippen molar-refractivity contribution in [3.8, 4) is 0 Å². The zero-order valence-electron chi connectivity index (χ0n) is 12.9. The van der Waals surface area contributed by atoms with E-state index in [2.05, 4.69) is 11.7 Å². The van der Waals surface area contributed by atoms with Crippen molar-refractivity contribution in [2.45, 2.75) is 45.4 Å². The van der Waals surface area contributed by atoms with Crippen LogP contribution in [-0.2, 0) is 4.74 Å². The molecule has 0 heterocycles. The summed E-state index contributed by atoms with van der Waals surface area (Å²) in [6.07, 6.45) is 7.14. The van der Waals surface area contributed by atoms with Crippen LogP contribution in [0.2, 0.25) is 0 Å². The first-order valence-corrected chi connectivity index (χ1v) is 7.76. The fourth-order valence-corrected chi connectivity index (χ4v) is 1.80. The summed E-state index contributed by atoms with van der Waals surface area (Å²) in [5.74, 6) is -0.988. The molecule has 0 saturated heterocycles. The molecule has 0 saturated carbocycles. The number of halogens is 1. The number of carbonyl (C=O) groups is 2. The summed E-state index contributed by atoms with van der Waals surface area (Å²) >= 11 is 4.98. The van der Waals surface area contributed by atoms with Crippen LogP contribution in [0.1, 0.15) is 55.8 Å². The Morgan fingerprint density at radius 2 is 1.73 bits per heavy atom. The van der Waals surface area contributed by atoms with E-state index in [1.165, 1.54) is 31.7 Å². The number of hydrogen-bond donors (Lipinski definition) is 2. The maximum Gasteiger partial charge on any atom is 0.403 e. The maximum atomic E-state index is 10.3. The first-order chi connectivity index (χ1) is 10.5. The minimum absolute atomic E-state index is 0.155. The lowest BCUT2D eigenvalue weighted by molar-refractivity contribution is 0.0698. The van der Waals surface area contributed by atoms with Crippen molar-refractivity contribution in [3.63, 3.8) is 0 Å². The maximum absolute atomic E-state index is 10.3. The van der Waals surface area contributed by atoms with Crippen molar-refractivity contribution in [2.75, 3.05) is 12.3 Å². The molecule has 22 heavy (non-hydrogen) atoms. The van der Waals surface area contributed by atoms with Gasteiger partial charge < -0.3 is 15.6 Å². The van der Waals surface area contributed by atoms with Gasteiger partial charge in [-0.05, 0) is 18.6 Å². The summed E-state index contributed by atoms with van der Waals surface area (Å²) in [4.78, 5) is 20.5. The van der Waals surface area contributed by atoms with Crippen molar-refractivity contribution >= 4 is 28.7 Å². The minimum Gasteiger partial charge on any atom is -0.478 e. The van der Waals surface area contributed by atoms with Gasteiger partial charge in [-0.2, -0.15) is 0 Å². The molecule has 1 rings (SSSR count). The summed E-state index contributed by atoms with van der Waals surface area (Å²) in [6.45, 7) is 2.66. The van der Waals surface area contributed by atoms with E-state index in [1.807, 2.05) is 0 Å². The van der Waals surface area contributed by atoms with Gasteiger partial charge in [0.15, 0.2) is 0 Å². The standard InChI is InChI=1S/C9H17ClO2.C7H7NO2/c1-2-3-4-5-6-7-8-12-9(10)11;8-6-4-2-1-3-5(6)7(9)10/h2-8H2,1H3;1-4H,8H2,(H,9,10). The second-order valence-electron chi connectivity index (χ2n) is 4.75. The molecule has 5 nitrogen and oxygen atoms in total. The van der Waals surface area contributed by atoms with E-state index >= 15 is 0 Å². The van der Waals surface area contributed by atoms with Crippen LogP contribution in [0.5, 0.6) is 0 Å². The molecule has 0 aromatic heterocycles. The fourth-order valence-electron chi connectivity index (χ4n) is 1.73. The van der Waals surface area contributed by atoms with E-state index in [4.69, 9.17) is 22.4 Å². The highest BCUT2D eigenvalue weighted by molar-refractivity contribution is 6.61. The molecule has 0 aliphatic heterocycles. The number of carboxylic acids is 1. The molecule has 6 heteroatoms. The van der Waals surface area contributed by atoms with Crippen LogP contribution >= 0.6 is 11.6 Å². The lowest BCUT2D eigenvalue weighted by Gasteiger charge is -2.00. The third kappa shape index (κ3) is 11.0. The second-order valence-corrected chi connectivity index (χ2v) is 5.05. The highest BCUT2D eigenvalue weighted by Gasteiger charge is 2.03. The van der Waals surface area contributed by atoms with Gasteiger partial charge in [0, 0.05) is 17.3 Å². The molecule has 1 aromatic carbocycles. The zero-order valence-corrected chi connectivity index (χ0v) is 13.6. The van der Waals surface area contributed by atoms with Gasteiger partial charge in [0.25, 0.3) is 0 Å². The fraction of sp³-hybridized carbons (Fsp3) is 0.500. The molecule has 0 amide bonds. The van der Waals surface area contributed by atoms with Crippen LogP contribution in [0.4, 0.5) is 10.5 Å². The monoisotopic (exact) mass is 329 g/mol. The Kier molecular flexibility index (Phi) is 11.9. The summed E-state index contributed by atoms with van der Waals surface area (Å²) in [5.41, 5.74) is 5.11. The van der Waals surface area contributed by atoms with Crippen LogP contribution in [-0.4, -0.2) is 23.1 Å². The summed E-state index contributed by atoms with van der Waals surface area (Å²) in [7, 11) is 0. The predicted octanol–water partition coefficient (Wildman–Crippen LogP) is 4.69. The van der Waals surface area contributed by atoms with Crippen LogP contribution < -0.4 is 5.73 Å². The molecule has 3 N–H and O–H groups in total. The van der Waals surface area contributed by atoms with Crippen LogP contribution in [0, 0.1) is 0 Å². The number of ether oxygens (including phenoxy) is 1. The second kappa shape index (κ2) is 13.0. The van der Waals surface area contributed by atoms with Gasteiger partial charge in [-0.15, -0.1) is 0 Å². The van der Waals surface area contributed by atoms with Gasteiger partial charge >= 0.3 is 11.4 Å². The van der Waals surface area contributed by atoms with Gasteiger partial charge in [-0.25, -0.2) is 9.59 Å². The smallest absolute Gasteiger partial charge is 0.403 e. The molecule has 0 spiro atoms. The van der Waals surface area contributed by atoms with Gasteiger partial charge in [-0.1, -0.05) is 51.2 Å². The molecule has 1 aromatic rings. The van der Waals surface area contributed by atoms with E-state index in [0.717, 1.165) is 12.8 Å². The molecule has 0 fully saturated rings. The topological polar surface area (TPSA) is 89.6 Å². The number of para-hydroxylation sites is 1. The molecule has 0 aliphatic carbocycles. The highest BCUT2D eigenvalue weighted by atomic mass is 35.5. The van der Waals surface area contributed by atoms with E-state index in [1.54, 1.807) is 18.2 Å². The Morgan fingerprint density at radius 1 is 1.14 bits per heavy atom. The number of carbonyl (C=O) groups excluding carboxylic acids is 1. The van der Waals surface area contributed by atoms with E-state index < -0.39 is 11.4 Å². The molecular weight excluding hydrogens is 306 g/mol. The molecule has 0 radical (unpaired) electrons. The number of nitrogens with two attached hydrogens (primary N) is 1. The number of nitrogen functional groups attached to an aromatic ring is 1. The Balaban J connectivity index is 0.000000406. The number of benzene rings is 1. The van der Waals surface area contributed by atoms with Crippen molar-refractivity contribution < 1.29 is 19.4 Å². The number of unbranched alkanes of at least 4 members (excludes halogenated alkanes) is 5. The Hall–Kier alpha value is -1.75. The van der Waals surface area contributed by atoms with Gasteiger partial charge in [0.2, 0.25) is 0 Å². The number of anilines is 1. The highest BCUT2D eigenvalue weighted by Crippen LogP contribution is 2.09. The number of hydrogen-bond acceptors (Lipinski definition) is 4. The quantitative estimate of drug-likeness (QED) is 0.410. The summed E-state index contributed by atoms with van der Waals surface area (Å²) in [6, 6.07) is 6.36. The SMILES string of the molecule is CCCCCCCCOC(=O)Cl.Nc1ccccc1C(=O)O.